The number of furan rings is 1. The average Bonchev–Trinajstić information content (AvgIpc) is 4.05. The molecular weight excluding hydrogens is 797 g/mol. The van der Waals surface area contributed by atoms with E-state index in [0.717, 1.165) is 61.4 Å². The summed E-state index contributed by atoms with van der Waals surface area (Å²) in [7, 11) is 0. The predicted octanol–water partition coefficient (Wildman–Crippen LogP) is 17.5. The molecule has 0 atom stereocenters. The van der Waals surface area contributed by atoms with Crippen molar-refractivity contribution in [2.75, 3.05) is 4.90 Å². The number of hydrogen-bond acceptors (Lipinski definition) is 3. The fraction of sp³-hybridized carbons (Fsp3) is 0. The Morgan fingerprint density at radius 3 is 1.81 bits per heavy atom. The van der Waals surface area contributed by atoms with Crippen LogP contribution in [0, 0.1) is 0 Å². The Hall–Kier alpha value is -8.18. The molecule has 0 aliphatic rings. The van der Waals surface area contributed by atoms with Crippen molar-refractivity contribution < 1.29 is 4.42 Å². The summed E-state index contributed by atoms with van der Waals surface area (Å²) in [5, 5.41) is 7.24. The summed E-state index contributed by atoms with van der Waals surface area (Å²) < 4.78 is 11.6. The van der Waals surface area contributed by atoms with Crippen molar-refractivity contribution in [3.63, 3.8) is 0 Å². The van der Waals surface area contributed by atoms with Crippen molar-refractivity contribution in [2.45, 2.75) is 0 Å². The third kappa shape index (κ3) is 5.73. The second kappa shape index (κ2) is 14.7. The molecule has 3 aromatic heterocycles. The van der Waals surface area contributed by atoms with Gasteiger partial charge in [-0.1, -0.05) is 170 Å². The third-order valence-corrected chi connectivity index (χ3v) is 14.0. The minimum atomic E-state index is 0.893. The molecule has 13 aromatic rings. The van der Waals surface area contributed by atoms with Crippen LogP contribution >= 0.6 is 11.3 Å². The lowest BCUT2D eigenvalue weighted by atomic mass is 9.96. The van der Waals surface area contributed by atoms with Crippen molar-refractivity contribution in [1.29, 1.82) is 0 Å². The first kappa shape index (κ1) is 36.5. The fourth-order valence-electron chi connectivity index (χ4n) is 9.94. The predicted molar refractivity (Wildman–Crippen MR) is 272 cm³/mol. The smallest absolute Gasteiger partial charge is 0.143 e. The summed E-state index contributed by atoms with van der Waals surface area (Å²) in [6, 6.07) is 83.5. The van der Waals surface area contributed by atoms with Gasteiger partial charge in [-0.15, -0.1) is 11.3 Å². The van der Waals surface area contributed by atoms with Crippen LogP contribution in [0.5, 0.6) is 0 Å². The molecule has 13 rings (SSSR count). The van der Waals surface area contributed by atoms with Crippen LogP contribution in [0.25, 0.3) is 103 Å². The van der Waals surface area contributed by atoms with Crippen LogP contribution in [0.4, 0.5) is 17.1 Å². The van der Waals surface area contributed by atoms with E-state index in [1.807, 2.05) is 17.4 Å². The van der Waals surface area contributed by atoms with Crippen molar-refractivity contribution in [2.24, 2.45) is 0 Å². The number of fused-ring (bicyclic) bond motifs is 9. The molecule has 0 spiro atoms. The summed E-state index contributed by atoms with van der Waals surface area (Å²) >= 11 is 1.87. The zero-order valence-corrected chi connectivity index (χ0v) is 35.5. The highest BCUT2D eigenvalue weighted by Crippen LogP contribution is 2.51. The number of nitrogens with zero attached hydrogens (tertiary/aromatic N) is 2. The molecule has 0 aliphatic heterocycles. The van der Waals surface area contributed by atoms with E-state index in [-0.39, 0.29) is 0 Å². The van der Waals surface area contributed by atoms with Gasteiger partial charge in [0.15, 0.2) is 0 Å². The molecule has 0 N–H and O–H groups in total. The lowest BCUT2D eigenvalue weighted by Gasteiger charge is -2.29. The third-order valence-electron chi connectivity index (χ3n) is 12.8. The quantitative estimate of drug-likeness (QED) is 0.159. The second-order valence-corrected chi connectivity index (χ2v) is 17.5. The first-order valence-corrected chi connectivity index (χ1v) is 22.6. The van der Waals surface area contributed by atoms with Crippen LogP contribution < -0.4 is 4.90 Å². The van der Waals surface area contributed by atoms with Gasteiger partial charge in [-0.3, -0.25) is 0 Å². The first-order valence-electron chi connectivity index (χ1n) is 21.8. The van der Waals surface area contributed by atoms with Crippen LogP contribution in [0.15, 0.2) is 235 Å². The topological polar surface area (TPSA) is 21.3 Å². The first-order chi connectivity index (χ1) is 31.8. The number of benzene rings is 10. The summed E-state index contributed by atoms with van der Waals surface area (Å²) in [6.45, 7) is 0. The summed E-state index contributed by atoms with van der Waals surface area (Å²) in [5.74, 6) is 0. The molecule has 0 fully saturated rings. The van der Waals surface area contributed by atoms with Crippen LogP contribution in [-0.4, -0.2) is 4.57 Å². The summed E-state index contributed by atoms with van der Waals surface area (Å²) in [5.41, 5.74) is 15.4. The van der Waals surface area contributed by atoms with Crippen molar-refractivity contribution in [3.05, 3.63) is 231 Å². The van der Waals surface area contributed by atoms with Crippen LogP contribution in [0.1, 0.15) is 0 Å². The zero-order chi connectivity index (χ0) is 42.1. The van der Waals surface area contributed by atoms with Gasteiger partial charge in [0.05, 0.1) is 22.4 Å². The molecule has 0 amide bonds. The Kier molecular flexibility index (Phi) is 8.40. The standard InChI is InChI=1S/C60H38N2OS/c1-2-16-39(17-3-1)40-32-34-42(35-33-40)61(43-19-14-18-41(38-43)44-25-15-26-49-47-22-7-12-30-56(47)63-59(44)49)55-37-36-50-48-23-8-13-31-57(48)64-60(50)58(55)51-24-6-11-29-54(51)62-52-27-9-4-20-45(52)46-21-5-10-28-53(46)62/h1-38H. The van der Waals surface area contributed by atoms with E-state index in [1.54, 1.807) is 0 Å². The van der Waals surface area contributed by atoms with Gasteiger partial charge in [-0.2, -0.15) is 0 Å². The molecule has 0 bridgehead atoms. The fourth-order valence-corrected chi connectivity index (χ4v) is 11.2. The highest BCUT2D eigenvalue weighted by molar-refractivity contribution is 7.26. The van der Waals surface area contributed by atoms with E-state index in [9.17, 15) is 0 Å². The second-order valence-electron chi connectivity index (χ2n) is 16.4. The lowest BCUT2D eigenvalue weighted by molar-refractivity contribution is 0.670. The summed E-state index contributed by atoms with van der Waals surface area (Å²) in [6.07, 6.45) is 0. The molecule has 300 valence electrons. The molecule has 0 unspecified atom stereocenters. The molecule has 64 heavy (non-hydrogen) atoms. The van der Waals surface area contributed by atoms with Crippen LogP contribution in [-0.2, 0) is 0 Å². The van der Waals surface area contributed by atoms with Gasteiger partial charge in [-0.25, -0.2) is 0 Å². The number of aromatic nitrogens is 1. The van der Waals surface area contributed by atoms with Gasteiger partial charge in [0.2, 0.25) is 0 Å². The lowest BCUT2D eigenvalue weighted by Crippen LogP contribution is -2.12. The van der Waals surface area contributed by atoms with Gasteiger partial charge in [0.1, 0.15) is 11.2 Å². The van der Waals surface area contributed by atoms with E-state index >= 15 is 0 Å². The van der Waals surface area contributed by atoms with E-state index in [1.165, 1.54) is 58.7 Å². The Morgan fingerprint density at radius 1 is 0.391 bits per heavy atom. The Balaban J connectivity index is 1.10. The minimum Gasteiger partial charge on any atom is -0.455 e. The van der Waals surface area contributed by atoms with Gasteiger partial charge in [0, 0.05) is 69.8 Å². The molecular formula is C60H38N2OS. The molecule has 0 radical (unpaired) electrons. The molecule has 3 heterocycles. The number of rotatable bonds is 7. The maximum absolute atomic E-state index is 6.61. The van der Waals surface area contributed by atoms with E-state index < -0.39 is 0 Å². The Bertz CT molecular complexity index is 3860. The number of para-hydroxylation sites is 5. The molecule has 4 heteroatoms. The monoisotopic (exact) mass is 834 g/mol. The normalized spacial score (nSPS) is 11.8. The average molecular weight is 835 g/mol. The number of hydrogen-bond donors (Lipinski definition) is 0. The maximum Gasteiger partial charge on any atom is 0.143 e. The van der Waals surface area contributed by atoms with E-state index in [0.29, 0.717) is 0 Å². The highest BCUT2D eigenvalue weighted by Gasteiger charge is 2.25. The molecule has 3 nitrogen and oxygen atoms in total. The van der Waals surface area contributed by atoms with Gasteiger partial charge < -0.3 is 13.9 Å². The molecule has 0 saturated heterocycles. The van der Waals surface area contributed by atoms with Gasteiger partial charge >= 0.3 is 0 Å². The van der Waals surface area contributed by atoms with Crippen molar-refractivity contribution in [1.82, 2.24) is 4.57 Å². The van der Waals surface area contributed by atoms with Gasteiger partial charge in [0.25, 0.3) is 0 Å². The SMILES string of the molecule is c1ccc(-c2ccc(N(c3cccc(-c4cccc5c4oc4ccccc45)c3)c3ccc4c(sc5ccccc54)c3-c3ccccc3-n3c4ccccc4c4ccccc43)cc2)cc1. The zero-order valence-electron chi connectivity index (χ0n) is 34.7. The van der Waals surface area contributed by atoms with E-state index in [2.05, 4.69) is 234 Å². The van der Waals surface area contributed by atoms with Crippen molar-refractivity contribution in [3.8, 4) is 39.1 Å². The van der Waals surface area contributed by atoms with Crippen LogP contribution in [0.2, 0.25) is 0 Å². The minimum absolute atomic E-state index is 0.893. The summed E-state index contributed by atoms with van der Waals surface area (Å²) in [4.78, 5) is 2.46. The highest BCUT2D eigenvalue weighted by atomic mass is 32.1. The van der Waals surface area contributed by atoms with Gasteiger partial charge in [-0.05, 0) is 77.4 Å². The molecule has 0 aliphatic carbocycles. The van der Waals surface area contributed by atoms with Crippen molar-refractivity contribution >= 4 is 92.3 Å². The largest absolute Gasteiger partial charge is 0.455 e. The Morgan fingerprint density at radius 2 is 1.00 bits per heavy atom. The Labute approximate surface area is 373 Å². The number of thiophene rings is 1. The molecule has 0 saturated carbocycles. The van der Waals surface area contributed by atoms with Crippen LogP contribution in [0.3, 0.4) is 0 Å². The molecule has 10 aromatic carbocycles. The van der Waals surface area contributed by atoms with E-state index in [4.69, 9.17) is 4.42 Å². The number of anilines is 3. The maximum atomic E-state index is 6.61.